The van der Waals surface area contributed by atoms with Crippen LogP contribution in [0.3, 0.4) is 0 Å². The van der Waals surface area contributed by atoms with E-state index in [0.29, 0.717) is 6.54 Å². The van der Waals surface area contributed by atoms with E-state index < -0.39 is 0 Å². The van der Waals surface area contributed by atoms with E-state index >= 15 is 0 Å². The zero-order valence-corrected chi connectivity index (χ0v) is 6.79. The summed E-state index contributed by atoms with van der Waals surface area (Å²) in [4.78, 5) is 10.8. The van der Waals surface area contributed by atoms with E-state index in [1.54, 1.807) is 0 Å². The molecule has 0 aromatic heterocycles. The van der Waals surface area contributed by atoms with Gasteiger partial charge in [0.15, 0.2) is 0 Å². The third-order valence-corrected chi connectivity index (χ3v) is 1.49. The highest BCUT2D eigenvalue weighted by molar-refractivity contribution is 5.86. The van der Waals surface area contributed by atoms with E-state index in [0.717, 1.165) is 5.56 Å². The Balaban J connectivity index is 2.43. The van der Waals surface area contributed by atoms with E-state index in [1.165, 1.54) is 6.08 Å². The highest BCUT2D eigenvalue weighted by Gasteiger charge is 1.93. The zero-order chi connectivity index (χ0) is 8.81. The molecule has 1 aromatic rings. The van der Waals surface area contributed by atoms with Crippen molar-refractivity contribution < 1.29 is 4.79 Å². The summed E-state index contributed by atoms with van der Waals surface area (Å²) in [6, 6.07) is 9.75. The van der Waals surface area contributed by atoms with E-state index in [1.807, 2.05) is 30.3 Å². The third kappa shape index (κ3) is 2.58. The van der Waals surface area contributed by atoms with Crippen molar-refractivity contribution in [3.05, 3.63) is 48.6 Å². The molecule has 0 fully saturated rings. The fourth-order valence-corrected chi connectivity index (χ4v) is 0.857. The van der Waals surface area contributed by atoms with Gasteiger partial charge in [-0.15, -0.1) is 0 Å². The summed E-state index contributed by atoms with van der Waals surface area (Å²) >= 11 is 0. The molecule has 0 bridgehead atoms. The molecular weight excluding hydrogens is 151 g/mol. The fraction of sp³-hybridized carbons (Fsp3) is 0.100. The molecule has 1 amide bonds. The van der Waals surface area contributed by atoms with Crippen molar-refractivity contribution in [3.8, 4) is 0 Å². The number of carbonyl (C=O) groups excluding carboxylic acids is 1. The lowest BCUT2D eigenvalue weighted by molar-refractivity contribution is -0.116. The van der Waals surface area contributed by atoms with Crippen LogP contribution in [0.1, 0.15) is 5.56 Å². The monoisotopic (exact) mass is 162 g/mol. The molecule has 0 aliphatic carbocycles. The molecule has 0 atom stereocenters. The number of hydrogen-bond donors (Lipinski definition) is 1. The van der Waals surface area contributed by atoms with Gasteiger partial charge in [0.1, 0.15) is 0 Å². The molecular formula is C10H11NO. The van der Waals surface area contributed by atoms with Gasteiger partial charge < -0.3 is 5.32 Å². The van der Waals surface area contributed by atoms with Crippen molar-refractivity contribution in [2.24, 2.45) is 0 Å². The van der Waals surface area contributed by atoms with Crippen molar-refractivity contribution in [1.29, 1.82) is 0 Å². The van der Waals surface area contributed by atoms with Crippen LogP contribution in [0.15, 0.2) is 43.0 Å². The van der Waals surface area contributed by atoms with Crippen molar-refractivity contribution in [1.82, 2.24) is 5.32 Å². The van der Waals surface area contributed by atoms with E-state index in [2.05, 4.69) is 11.9 Å². The lowest BCUT2D eigenvalue weighted by Gasteiger charge is -2.00. The summed E-state index contributed by atoms with van der Waals surface area (Å²) < 4.78 is 0. The summed E-state index contributed by atoms with van der Waals surface area (Å²) in [5, 5.41) is 2.69. The van der Waals surface area contributed by atoms with E-state index in [4.69, 9.17) is 0 Å². The Morgan fingerprint density at radius 1 is 1.42 bits per heavy atom. The quantitative estimate of drug-likeness (QED) is 0.529. The summed E-state index contributed by atoms with van der Waals surface area (Å²) in [5.41, 5.74) is 1.09. The Labute approximate surface area is 71.9 Å². The predicted molar refractivity (Wildman–Crippen MR) is 48.5 cm³/mol. The molecule has 0 saturated heterocycles. The van der Waals surface area contributed by atoms with Gasteiger partial charge in [0.05, 0.1) is 0 Å². The highest BCUT2D eigenvalue weighted by atomic mass is 16.2. The van der Waals surface area contributed by atoms with Crippen LogP contribution < -0.4 is 5.32 Å². The Kier molecular flexibility index (Phi) is 3.08. The van der Waals surface area contributed by atoms with Crippen molar-refractivity contribution in [3.63, 3.8) is 0 Å². The van der Waals surface area contributed by atoms with Gasteiger partial charge in [0.25, 0.3) is 0 Å². The van der Waals surface area contributed by atoms with Crippen LogP contribution in [0.4, 0.5) is 0 Å². The van der Waals surface area contributed by atoms with Crippen LogP contribution in [0.5, 0.6) is 0 Å². The third-order valence-electron chi connectivity index (χ3n) is 1.49. The van der Waals surface area contributed by atoms with Crippen LogP contribution in [0, 0.1) is 0 Å². The normalized spacial score (nSPS) is 9.00. The summed E-state index contributed by atoms with van der Waals surface area (Å²) in [6.07, 6.45) is 1.27. The number of amides is 1. The molecule has 0 heterocycles. The maximum Gasteiger partial charge on any atom is 0.243 e. The molecule has 0 radical (unpaired) electrons. The second-order valence-electron chi connectivity index (χ2n) is 2.41. The Bertz CT molecular complexity index is 266. The highest BCUT2D eigenvalue weighted by Crippen LogP contribution is 1.96. The Hall–Kier alpha value is -1.57. The number of nitrogens with one attached hydrogen (secondary N) is 1. The molecule has 0 spiro atoms. The average molecular weight is 162 g/mol. The second-order valence-corrected chi connectivity index (χ2v) is 2.41. The first-order valence-corrected chi connectivity index (χ1v) is 3.77. The molecule has 62 valence electrons. The minimum absolute atomic E-state index is 0.140. The van der Waals surface area contributed by atoms with Crippen LogP contribution in [0.25, 0.3) is 0 Å². The molecule has 2 heteroatoms. The molecule has 0 aliphatic heterocycles. The largest absolute Gasteiger partial charge is 0.348 e. The van der Waals surface area contributed by atoms with Crippen LogP contribution in [-0.2, 0) is 11.3 Å². The maximum atomic E-state index is 10.8. The number of benzene rings is 1. The summed E-state index contributed by atoms with van der Waals surface area (Å²) in [6.45, 7) is 3.92. The van der Waals surface area contributed by atoms with Gasteiger partial charge in [-0.05, 0) is 11.6 Å². The molecule has 12 heavy (non-hydrogen) atoms. The molecule has 1 rings (SSSR count). The van der Waals surface area contributed by atoms with Gasteiger partial charge in [-0.25, -0.2) is 0 Å². The summed E-state index contributed by atoms with van der Waals surface area (Å²) in [7, 11) is 0. The van der Waals surface area contributed by atoms with Crippen LogP contribution in [-0.4, -0.2) is 5.91 Å². The first-order valence-electron chi connectivity index (χ1n) is 3.77. The fourth-order valence-electron chi connectivity index (χ4n) is 0.857. The van der Waals surface area contributed by atoms with Crippen LogP contribution in [0.2, 0.25) is 0 Å². The number of rotatable bonds is 3. The minimum atomic E-state index is -0.140. The molecule has 0 unspecified atom stereocenters. The van der Waals surface area contributed by atoms with Gasteiger partial charge in [0, 0.05) is 6.54 Å². The SMILES string of the molecule is C=C[13C](=O)NCc1ccccc1. The average Bonchev–Trinajstić information content (AvgIpc) is 2.16. The van der Waals surface area contributed by atoms with Gasteiger partial charge in [0.2, 0.25) is 5.91 Å². The molecule has 1 N–H and O–H groups in total. The lowest BCUT2D eigenvalue weighted by Crippen LogP contribution is -2.19. The maximum absolute atomic E-state index is 10.8. The Morgan fingerprint density at radius 3 is 2.67 bits per heavy atom. The standard InChI is InChI=1S/C10H11NO/c1-2-10(12)11-8-9-6-4-3-5-7-9/h2-7H,1,8H2,(H,11,12)/i10+1. The van der Waals surface area contributed by atoms with Crippen molar-refractivity contribution in [2.75, 3.05) is 0 Å². The first kappa shape index (κ1) is 8.53. The van der Waals surface area contributed by atoms with Gasteiger partial charge in [-0.1, -0.05) is 36.9 Å². The first-order chi connectivity index (χ1) is 5.83. The smallest absolute Gasteiger partial charge is 0.243 e. The molecule has 0 saturated carbocycles. The van der Waals surface area contributed by atoms with E-state index in [9.17, 15) is 4.79 Å². The Morgan fingerprint density at radius 2 is 2.08 bits per heavy atom. The summed E-state index contributed by atoms with van der Waals surface area (Å²) in [5.74, 6) is -0.140. The molecule has 1 aromatic carbocycles. The van der Waals surface area contributed by atoms with Gasteiger partial charge in [-0.3, -0.25) is 4.79 Å². The van der Waals surface area contributed by atoms with E-state index in [-0.39, 0.29) is 5.91 Å². The predicted octanol–water partition coefficient (Wildman–Crippen LogP) is 1.49. The van der Waals surface area contributed by atoms with Crippen LogP contribution >= 0.6 is 0 Å². The molecule has 2 nitrogen and oxygen atoms in total. The minimum Gasteiger partial charge on any atom is -0.348 e. The van der Waals surface area contributed by atoms with Gasteiger partial charge >= 0.3 is 0 Å². The number of hydrogen-bond acceptors (Lipinski definition) is 1. The van der Waals surface area contributed by atoms with Crippen molar-refractivity contribution >= 4 is 5.91 Å². The molecule has 0 aliphatic rings. The topological polar surface area (TPSA) is 29.1 Å². The van der Waals surface area contributed by atoms with Gasteiger partial charge in [-0.2, -0.15) is 0 Å². The zero-order valence-electron chi connectivity index (χ0n) is 6.79. The lowest BCUT2D eigenvalue weighted by atomic mass is 10.2. The number of carbonyl (C=O) groups is 1. The second kappa shape index (κ2) is 4.34. The van der Waals surface area contributed by atoms with Crippen molar-refractivity contribution in [2.45, 2.75) is 6.54 Å².